The molecule has 3 rings (SSSR count). The molecule has 7 nitrogen and oxygen atoms in total. The molecule has 0 spiro atoms. The van der Waals surface area contributed by atoms with Gasteiger partial charge in [0.15, 0.2) is 6.61 Å². The van der Waals surface area contributed by atoms with Crippen LogP contribution in [0.5, 0.6) is 5.75 Å². The largest absolute Gasteiger partial charge is 0.484 e. The molecule has 0 bridgehead atoms. The van der Waals surface area contributed by atoms with Gasteiger partial charge in [0.25, 0.3) is 5.91 Å². The molecule has 1 amide bonds. The van der Waals surface area contributed by atoms with Crippen LogP contribution >= 0.6 is 0 Å². The van der Waals surface area contributed by atoms with E-state index in [0.29, 0.717) is 12.4 Å². The normalized spacial score (nSPS) is 14.9. The molecule has 1 aliphatic heterocycles. The number of nitrogens with zero attached hydrogens (tertiary/aromatic N) is 4. The molecular weight excluding hydrogens is 392 g/mol. The lowest BCUT2D eigenvalue weighted by atomic mass is 10.1. The van der Waals surface area contributed by atoms with Crippen LogP contribution in [0.2, 0.25) is 0 Å². The number of rotatable bonds is 10. The van der Waals surface area contributed by atoms with Gasteiger partial charge in [-0.3, -0.25) is 14.7 Å². The van der Waals surface area contributed by atoms with E-state index < -0.39 is 0 Å². The van der Waals surface area contributed by atoms with Crippen LogP contribution in [0, 0.1) is 0 Å². The molecule has 1 fully saturated rings. The fourth-order valence-electron chi connectivity index (χ4n) is 3.33. The Hall–Kier alpha value is -3.19. The highest BCUT2D eigenvalue weighted by Crippen LogP contribution is 2.15. The van der Waals surface area contributed by atoms with Crippen LogP contribution in [-0.2, 0) is 16.2 Å². The second-order valence-electron chi connectivity index (χ2n) is 7.30. The van der Waals surface area contributed by atoms with Crippen LogP contribution < -0.4 is 4.74 Å². The molecular formula is C24H30N4O3. The first kappa shape index (κ1) is 22.5. The molecule has 0 radical (unpaired) electrons. The minimum atomic E-state index is 0.0163. The fourth-order valence-corrected chi connectivity index (χ4v) is 3.33. The molecule has 164 valence electrons. The summed E-state index contributed by atoms with van der Waals surface area (Å²) >= 11 is 0. The van der Waals surface area contributed by atoms with Crippen LogP contribution in [0.25, 0.3) is 0 Å². The molecule has 0 aliphatic carbocycles. The van der Waals surface area contributed by atoms with Crippen molar-refractivity contribution in [3.8, 4) is 5.75 Å². The number of oxime groups is 1. The topological polar surface area (TPSA) is 67.3 Å². The lowest BCUT2D eigenvalue weighted by Gasteiger charge is -2.34. The summed E-state index contributed by atoms with van der Waals surface area (Å²) in [5.41, 5.74) is 2.84. The predicted molar refractivity (Wildman–Crippen MR) is 121 cm³/mol. The summed E-state index contributed by atoms with van der Waals surface area (Å²) in [7, 11) is 0. The fraction of sp³-hybridized carbons (Fsp3) is 0.375. The van der Waals surface area contributed by atoms with E-state index in [9.17, 15) is 4.79 Å². The summed E-state index contributed by atoms with van der Waals surface area (Å²) in [5.74, 6) is 0.679. The van der Waals surface area contributed by atoms with Gasteiger partial charge in [-0.1, -0.05) is 18.2 Å². The number of aromatic nitrogens is 1. The number of piperazine rings is 1. The molecule has 1 aromatic heterocycles. The number of benzene rings is 1. The van der Waals surface area contributed by atoms with Gasteiger partial charge < -0.3 is 14.5 Å². The zero-order valence-electron chi connectivity index (χ0n) is 18.1. The van der Waals surface area contributed by atoms with Crippen LogP contribution in [0.3, 0.4) is 0 Å². The maximum absolute atomic E-state index is 12.4. The van der Waals surface area contributed by atoms with Crippen molar-refractivity contribution in [1.29, 1.82) is 0 Å². The van der Waals surface area contributed by atoms with Crippen molar-refractivity contribution in [2.45, 2.75) is 20.0 Å². The van der Waals surface area contributed by atoms with Gasteiger partial charge >= 0.3 is 0 Å². The first-order valence-electron chi connectivity index (χ1n) is 10.6. The van der Waals surface area contributed by atoms with Gasteiger partial charge in [-0.25, -0.2) is 0 Å². The zero-order chi connectivity index (χ0) is 21.9. The first-order chi connectivity index (χ1) is 15.2. The average Bonchev–Trinajstić information content (AvgIpc) is 2.82. The number of ether oxygens (including phenoxy) is 1. The Balaban J connectivity index is 1.47. The summed E-state index contributed by atoms with van der Waals surface area (Å²) in [6, 6.07) is 11.4. The second kappa shape index (κ2) is 11.9. The maximum atomic E-state index is 12.4. The molecule has 2 heterocycles. The van der Waals surface area contributed by atoms with Crippen molar-refractivity contribution in [2.24, 2.45) is 5.16 Å². The minimum absolute atomic E-state index is 0.0163. The van der Waals surface area contributed by atoms with Gasteiger partial charge in [0.05, 0.1) is 5.71 Å². The van der Waals surface area contributed by atoms with Gasteiger partial charge in [0.2, 0.25) is 0 Å². The lowest BCUT2D eigenvalue weighted by Crippen LogP contribution is -2.49. The van der Waals surface area contributed by atoms with Gasteiger partial charge in [-0.05, 0) is 53.9 Å². The highest BCUT2D eigenvalue weighted by molar-refractivity contribution is 6.00. The van der Waals surface area contributed by atoms with Gasteiger partial charge in [0.1, 0.15) is 12.4 Å². The van der Waals surface area contributed by atoms with Crippen molar-refractivity contribution < 1.29 is 14.4 Å². The van der Waals surface area contributed by atoms with Crippen molar-refractivity contribution >= 4 is 11.6 Å². The second-order valence-corrected chi connectivity index (χ2v) is 7.30. The Bertz CT molecular complexity index is 860. The summed E-state index contributed by atoms with van der Waals surface area (Å²) in [6.07, 6.45) is 6.10. The van der Waals surface area contributed by atoms with Crippen LogP contribution in [0.4, 0.5) is 0 Å². The van der Waals surface area contributed by atoms with Gasteiger partial charge in [-0.2, -0.15) is 0 Å². The van der Waals surface area contributed by atoms with Crippen molar-refractivity contribution in [3.05, 3.63) is 72.6 Å². The number of hydrogen-bond donors (Lipinski definition) is 0. The zero-order valence-corrected chi connectivity index (χ0v) is 18.1. The third-order valence-electron chi connectivity index (χ3n) is 5.15. The van der Waals surface area contributed by atoms with E-state index in [1.807, 2.05) is 54.3 Å². The van der Waals surface area contributed by atoms with E-state index in [1.54, 1.807) is 12.4 Å². The predicted octanol–water partition coefficient (Wildman–Crippen LogP) is 3.12. The monoisotopic (exact) mass is 422 g/mol. The number of pyridine rings is 1. The molecule has 2 aromatic rings. The molecule has 0 unspecified atom stereocenters. The van der Waals surface area contributed by atoms with Gasteiger partial charge in [0, 0.05) is 45.1 Å². The third-order valence-corrected chi connectivity index (χ3v) is 5.15. The maximum Gasteiger partial charge on any atom is 0.260 e. The molecule has 0 atom stereocenters. The summed E-state index contributed by atoms with van der Waals surface area (Å²) in [5, 5.41) is 4.28. The van der Waals surface area contributed by atoms with Crippen LogP contribution in [0.1, 0.15) is 24.5 Å². The first-order valence-corrected chi connectivity index (χ1v) is 10.6. The van der Waals surface area contributed by atoms with E-state index in [-0.39, 0.29) is 12.5 Å². The number of hydrogen-bond acceptors (Lipinski definition) is 6. The highest BCUT2D eigenvalue weighted by Gasteiger charge is 2.20. The quantitative estimate of drug-likeness (QED) is 0.334. The molecule has 1 saturated heterocycles. The van der Waals surface area contributed by atoms with Crippen LogP contribution in [-0.4, -0.2) is 65.7 Å². The van der Waals surface area contributed by atoms with Crippen molar-refractivity contribution in [2.75, 3.05) is 39.3 Å². The Kier molecular flexibility index (Phi) is 8.60. The molecule has 1 aliphatic rings. The smallest absolute Gasteiger partial charge is 0.260 e. The number of carbonyl (C=O) groups excluding carboxylic acids is 1. The summed E-state index contributed by atoms with van der Waals surface area (Å²) < 4.78 is 5.70. The van der Waals surface area contributed by atoms with Crippen molar-refractivity contribution in [1.82, 2.24) is 14.8 Å². The molecule has 31 heavy (non-hydrogen) atoms. The molecule has 7 heteroatoms. The van der Waals surface area contributed by atoms with E-state index in [0.717, 1.165) is 56.0 Å². The summed E-state index contributed by atoms with van der Waals surface area (Å²) in [6.45, 7) is 10.3. The minimum Gasteiger partial charge on any atom is -0.484 e. The van der Waals surface area contributed by atoms with Crippen LogP contribution in [0.15, 0.2) is 66.6 Å². The van der Waals surface area contributed by atoms with Crippen molar-refractivity contribution in [3.63, 3.8) is 0 Å². The number of amides is 1. The molecule has 1 aromatic carbocycles. The molecule has 0 saturated carbocycles. The van der Waals surface area contributed by atoms with E-state index in [4.69, 9.17) is 9.57 Å². The number of carbonyl (C=O) groups is 1. The SMILES string of the molecule is C=CCN1CCN(C(=O)COc2ccc(/C(CC)=N\OCc3ccncc3)cc2)CC1. The highest BCUT2D eigenvalue weighted by atomic mass is 16.6. The van der Waals surface area contributed by atoms with E-state index in [2.05, 4.69) is 21.6 Å². The lowest BCUT2D eigenvalue weighted by molar-refractivity contribution is -0.135. The Labute approximate surface area is 184 Å². The average molecular weight is 423 g/mol. The Morgan fingerprint density at radius 3 is 2.48 bits per heavy atom. The Morgan fingerprint density at radius 2 is 1.84 bits per heavy atom. The summed E-state index contributed by atoms with van der Waals surface area (Å²) in [4.78, 5) is 26.0. The Morgan fingerprint density at radius 1 is 1.13 bits per heavy atom. The van der Waals surface area contributed by atoms with Gasteiger partial charge in [-0.15, -0.1) is 6.58 Å². The van der Waals surface area contributed by atoms with E-state index >= 15 is 0 Å². The molecule has 0 N–H and O–H groups in total. The standard InChI is InChI=1S/C24H30N4O3/c1-3-13-27-14-16-28(17-15-27)24(29)19-30-22-7-5-21(6-8-22)23(4-2)26-31-18-20-9-11-25-12-10-20/h3,5-12H,1,4,13-19H2,2H3/b26-23-. The van der Waals surface area contributed by atoms with E-state index in [1.165, 1.54) is 0 Å². The third kappa shape index (κ3) is 6.93.